The lowest BCUT2D eigenvalue weighted by molar-refractivity contribution is 1.18. The first-order chi connectivity index (χ1) is 24.8. The molecule has 0 saturated heterocycles. The summed E-state index contributed by atoms with van der Waals surface area (Å²) in [4.78, 5) is 10.3. The summed E-state index contributed by atoms with van der Waals surface area (Å²) in [6.45, 7) is 0. The van der Waals surface area contributed by atoms with Gasteiger partial charge >= 0.3 is 0 Å². The van der Waals surface area contributed by atoms with E-state index in [1.165, 1.54) is 47.5 Å². The number of para-hydroxylation sites is 2. The molecule has 7 aromatic carbocycles. The Morgan fingerprint density at radius 1 is 0.400 bits per heavy atom. The molecule has 0 aliphatic carbocycles. The Labute approximate surface area is 293 Å². The van der Waals surface area contributed by atoms with Crippen LogP contribution in [-0.4, -0.2) is 14.5 Å². The predicted octanol–water partition coefficient (Wildman–Crippen LogP) is 12.6. The predicted molar refractivity (Wildman–Crippen MR) is 211 cm³/mol. The smallest absolute Gasteiger partial charge is 0.160 e. The zero-order valence-electron chi connectivity index (χ0n) is 27.0. The van der Waals surface area contributed by atoms with Gasteiger partial charge in [-0.1, -0.05) is 133 Å². The van der Waals surface area contributed by atoms with E-state index >= 15 is 0 Å². The fourth-order valence-electron chi connectivity index (χ4n) is 7.27. The number of fused-ring (bicyclic) bond motifs is 6. The van der Waals surface area contributed by atoms with E-state index in [9.17, 15) is 0 Å². The topological polar surface area (TPSA) is 30.7 Å². The summed E-state index contributed by atoms with van der Waals surface area (Å²) in [5.74, 6) is 0.707. The molecule has 0 bridgehead atoms. The van der Waals surface area contributed by atoms with Crippen molar-refractivity contribution in [3.05, 3.63) is 176 Å². The Morgan fingerprint density at radius 3 is 1.60 bits per heavy atom. The first-order valence-corrected chi connectivity index (χ1v) is 17.6. The molecule has 0 radical (unpaired) electrons. The van der Waals surface area contributed by atoms with Gasteiger partial charge in [-0.15, -0.1) is 11.3 Å². The fraction of sp³-hybridized carbons (Fsp3) is 0. The van der Waals surface area contributed by atoms with Crippen molar-refractivity contribution in [3.8, 4) is 50.7 Å². The van der Waals surface area contributed by atoms with Crippen LogP contribution >= 0.6 is 11.3 Å². The molecule has 4 heteroatoms. The van der Waals surface area contributed by atoms with Crippen LogP contribution in [0.15, 0.2) is 176 Å². The van der Waals surface area contributed by atoms with E-state index in [1.807, 2.05) is 23.5 Å². The van der Waals surface area contributed by atoms with Crippen LogP contribution in [0.25, 0.3) is 92.7 Å². The Bertz CT molecular complexity index is 2760. The zero-order chi connectivity index (χ0) is 33.0. The Kier molecular flexibility index (Phi) is 6.68. The van der Waals surface area contributed by atoms with Crippen LogP contribution in [0.1, 0.15) is 0 Å². The van der Waals surface area contributed by atoms with Gasteiger partial charge in [0, 0.05) is 58.9 Å². The van der Waals surface area contributed by atoms with Gasteiger partial charge in [0.15, 0.2) is 5.82 Å². The van der Waals surface area contributed by atoms with E-state index in [4.69, 9.17) is 9.97 Å². The number of hydrogen-bond donors (Lipinski definition) is 0. The first-order valence-electron chi connectivity index (χ1n) is 16.8. The van der Waals surface area contributed by atoms with E-state index in [1.54, 1.807) is 0 Å². The van der Waals surface area contributed by atoms with Gasteiger partial charge < -0.3 is 4.57 Å². The van der Waals surface area contributed by atoms with E-state index < -0.39 is 0 Å². The van der Waals surface area contributed by atoms with Crippen LogP contribution in [0.5, 0.6) is 0 Å². The highest BCUT2D eigenvalue weighted by Gasteiger charge is 2.18. The minimum atomic E-state index is 0.707. The van der Waals surface area contributed by atoms with Crippen molar-refractivity contribution in [2.24, 2.45) is 0 Å². The molecular formula is C46H29N3S. The molecule has 3 aromatic heterocycles. The Hall–Kier alpha value is -6.36. The van der Waals surface area contributed by atoms with Gasteiger partial charge in [0.2, 0.25) is 0 Å². The average molecular weight is 656 g/mol. The third kappa shape index (κ3) is 4.73. The maximum absolute atomic E-state index is 5.15. The van der Waals surface area contributed by atoms with Gasteiger partial charge in [0.05, 0.1) is 22.4 Å². The van der Waals surface area contributed by atoms with Crippen molar-refractivity contribution >= 4 is 53.3 Å². The van der Waals surface area contributed by atoms with Crippen molar-refractivity contribution in [1.29, 1.82) is 0 Å². The average Bonchev–Trinajstić information content (AvgIpc) is 3.74. The van der Waals surface area contributed by atoms with Crippen LogP contribution in [0, 0.1) is 0 Å². The van der Waals surface area contributed by atoms with Crippen molar-refractivity contribution in [3.63, 3.8) is 0 Å². The van der Waals surface area contributed by atoms with Crippen molar-refractivity contribution in [2.45, 2.75) is 0 Å². The third-order valence-corrected chi connectivity index (χ3v) is 10.8. The molecular weight excluding hydrogens is 627 g/mol. The molecule has 10 aromatic rings. The standard InChI is InChI=1S/C46H29N3S/c1-3-14-30(15-4-1)40-29-41(31-16-5-2-6-17-31)48-46(47-40)33-19-13-18-32(26-33)38-27-34(28-39-37-22-9-12-25-44(37)50-45(38)39)49-42-23-10-7-20-35(42)36-21-8-11-24-43(36)49/h1-29H. The third-order valence-electron chi connectivity index (χ3n) is 9.60. The summed E-state index contributed by atoms with van der Waals surface area (Å²) in [6, 6.07) is 62.5. The molecule has 0 aliphatic heterocycles. The lowest BCUT2D eigenvalue weighted by Gasteiger charge is -2.13. The zero-order valence-corrected chi connectivity index (χ0v) is 27.8. The van der Waals surface area contributed by atoms with Crippen LogP contribution < -0.4 is 0 Å². The molecule has 0 unspecified atom stereocenters. The lowest BCUT2D eigenvalue weighted by Crippen LogP contribution is -1.97. The monoisotopic (exact) mass is 655 g/mol. The summed E-state index contributed by atoms with van der Waals surface area (Å²) >= 11 is 1.86. The van der Waals surface area contributed by atoms with Crippen molar-refractivity contribution in [2.75, 3.05) is 0 Å². The molecule has 0 aliphatic rings. The summed E-state index contributed by atoms with van der Waals surface area (Å²) in [6.07, 6.45) is 0. The molecule has 0 N–H and O–H groups in total. The number of thiophene rings is 1. The summed E-state index contributed by atoms with van der Waals surface area (Å²) < 4.78 is 4.98. The SMILES string of the molecule is c1ccc(-c2cc(-c3ccccc3)nc(-c3cccc(-c4cc(-n5c6ccccc6c6ccccc65)cc5c4sc4ccccc45)c3)n2)cc1. The fourth-order valence-corrected chi connectivity index (χ4v) is 8.49. The van der Waals surface area contributed by atoms with Crippen molar-refractivity contribution in [1.82, 2.24) is 14.5 Å². The quantitative estimate of drug-likeness (QED) is 0.185. The van der Waals surface area contributed by atoms with Gasteiger partial charge in [-0.2, -0.15) is 0 Å². The maximum Gasteiger partial charge on any atom is 0.160 e. The van der Waals surface area contributed by atoms with Crippen LogP contribution in [0.4, 0.5) is 0 Å². The molecule has 3 heterocycles. The first kappa shape index (κ1) is 28.6. The second kappa shape index (κ2) is 11.7. The van der Waals surface area contributed by atoms with E-state index in [0.717, 1.165) is 39.3 Å². The summed E-state index contributed by atoms with van der Waals surface area (Å²) in [7, 11) is 0. The van der Waals surface area contributed by atoms with E-state index in [-0.39, 0.29) is 0 Å². The van der Waals surface area contributed by atoms with Crippen LogP contribution in [0.3, 0.4) is 0 Å². The second-order valence-corrected chi connectivity index (χ2v) is 13.7. The Balaban J connectivity index is 1.21. The molecule has 0 fully saturated rings. The number of rotatable bonds is 5. The van der Waals surface area contributed by atoms with Gasteiger partial charge in [-0.3, -0.25) is 0 Å². The van der Waals surface area contributed by atoms with Crippen molar-refractivity contribution < 1.29 is 0 Å². The molecule has 0 amide bonds. The summed E-state index contributed by atoms with van der Waals surface area (Å²) in [5, 5.41) is 5.05. The molecule has 234 valence electrons. The highest BCUT2D eigenvalue weighted by Crippen LogP contribution is 2.43. The highest BCUT2D eigenvalue weighted by atomic mass is 32.1. The van der Waals surface area contributed by atoms with Crippen LogP contribution in [-0.2, 0) is 0 Å². The molecule has 50 heavy (non-hydrogen) atoms. The van der Waals surface area contributed by atoms with Gasteiger partial charge in [0.1, 0.15) is 0 Å². The number of nitrogens with zero attached hydrogens (tertiary/aromatic N) is 3. The normalized spacial score (nSPS) is 11.6. The van der Waals surface area contributed by atoms with Gasteiger partial charge in [-0.05, 0) is 48.0 Å². The molecule has 3 nitrogen and oxygen atoms in total. The highest BCUT2D eigenvalue weighted by molar-refractivity contribution is 7.26. The minimum Gasteiger partial charge on any atom is -0.309 e. The maximum atomic E-state index is 5.15. The van der Waals surface area contributed by atoms with Gasteiger partial charge in [-0.25, -0.2) is 9.97 Å². The molecule has 0 saturated carbocycles. The van der Waals surface area contributed by atoms with E-state index in [0.29, 0.717) is 5.82 Å². The van der Waals surface area contributed by atoms with Gasteiger partial charge in [0.25, 0.3) is 0 Å². The second-order valence-electron chi connectivity index (χ2n) is 12.6. The number of hydrogen-bond acceptors (Lipinski definition) is 3. The minimum absolute atomic E-state index is 0.707. The number of benzene rings is 7. The Morgan fingerprint density at radius 2 is 0.940 bits per heavy atom. The largest absolute Gasteiger partial charge is 0.309 e. The van der Waals surface area contributed by atoms with Crippen LogP contribution in [0.2, 0.25) is 0 Å². The van der Waals surface area contributed by atoms with E-state index in [2.05, 4.69) is 168 Å². The number of aromatic nitrogens is 3. The molecule has 0 atom stereocenters. The summed E-state index contributed by atoms with van der Waals surface area (Å²) in [5.41, 5.74) is 10.8. The molecule has 0 spiro atoms. The lowest BCUT2D eigenvalue weighted by atomic mass is 9.99. The molecule has 10 rings (SSSR count).